The Labute approximate surface area is 165 Å². The first-order valence-electron chi connectivity index (χ1n) is 8.95. The molecule has 0 spiro atoms. The molecule has 0 saturated carbocycles. The molecule has 1 saturated heterocycles. The predicted octanol–water partition coefficient (Wildman–Crippen LogP) is 2.65. The van der Waals surface area contributed by atoms with E-state index in [0.29, 0.717) is 43.0 Å². The first-order valence-corrected chi connectivity index (χ1v) is 11.6. The van der Waals surface area contributed by atoms with E-state index in [1.807, 2.05) is 11.8 Å². The summed E-state index contributed by atoms with van der Waals surface area (Å²) < 4.78 is 27.4. The number of carbonyl (C=O) groups is 1. The van der Waals surface area contributed by atoms with Crippen LogP contribution in [0.1, 0.15) is 33.6 Å². The maximum atomic E-state index is 12.6. The van der Waals surface area contributed by atoms with Crippen molar-refractivity contribution in [2.24, 2.45) is 5.92 Å². The fourth-order valence-corrected chi connectivity index (χ4v) is 5.93. The van der Waals surface area contributed by atoms with E-state index < -0.39 is 10.0 Å². The highest BCUT2D eigenvalue weighted by Crippen LogP contribution is 2.28. The molecule has 1 N–H and O–H groups in total. The van der Waals surface area contributed by atoms with Gasteiger partial charge in [-0.25, -0.2) is 8.42 Å². The Morgan fingerprint density at radius 1 is 1.19 bits per heavy atom. The Bertz CT molecular complexity index is 698. The van der Waals surface area contributed by atoms with Crippen molar-refractivity contribution in [2.45, 2.75) is 43.9 Å². The summed E-state index contributed by atoms with van der Waals surface area (Å²) in [4.78, 5) is 14.2. The predicted molar refractivity (Wildman–Crippen MR) is 106 cm³/mol. The highest BCUT2D eigenvalue weighted by Gasteiger charge is 2.30. The number of hydrogen-bond acceptors (Lipinski definition) is 5. The summed E-state index contributed by atoms with van der Waals surface area (Å²) in [6, 6.07) is 3.30. The van der Waals surface area contributed by atoms with Gasteiger partial charge >= 0.3 is 0 Å². The number of nitrogens with zero attached hydrogens (tertiary/aromatic N) is 2. The molecule has 0 aliphatic carbocycles. The molecule has 1 aromatic rings. The lowest BCUT2D eigenvalue weighted by molar-refractivity contribution is -0.123. The molecule has 1 amide bonds. The third-order valence-electron chi connectivity index (χ3n) is 4.43. The van der Waals surface area contributed by atoms with Crippen LogP contribution >= 0.6 is 22.9 Å². The monoisotopic (exact) mass is 421 g/mol. The van der Waals surface area contributed by atoms with Gasteiger partial charge in [-0.1, -0.05) is 25.4 Å². The van der Waals surface area contributed by atoms with Gasteiger partial charge in [0.2, 0.25) is 5.91 Å². The summed E-state index contributed by atoms with van der Waals surface area (Å²) in [5, 5.41) is 3.03. The number of sulfonamides is 1. The number of piperazine rings is 1. The van der Waals surface area contributed by atoms with Crippen molar-refractivity contribution in [3.8, 4) is 0 Å². The molecule has 26 heavy (non-hydrogen) atoms. The quantitative estimate of drug-likeness (QED) is 0.700. The van der Waals surface area contributed by atoms with Crippen molar-refractivity contribution in [1.29, 1.82) is 0 Å². The van der Waals surface area contributed by atoms with Gasteiger partial charge in [0.1, 0.15) is 4.21 Å². The van der Waals surface area contributed by atoms with Crippen LogP contribution in [0.15, 0.2) is 16.3 Å². The minimum absolute atomic E-state index is 0.00241. The van der Waals surface area contributed by atoms with Crippen molar-refractivity contribution in [3.05, 3.63) is 16.5 Å². The zero-order valence-electron chi connectivity index (χ0n) is 15.6. The minimum atomic E-state index is -3.49. The second-order valence-corrected chi connectivity index (χ2v) is 11.1. The normalized spacial score (nSPS) is 18.2. The second kappa shape index (κ2) is 9.50. The molecular formula is C17H28ClN3O3S2. The first-order chi connectivity index (χ1) is 12.2. The van der Waals surface area contributed by atoms with E-state index in [2.05, 4.69) is 19.2 Å². The van der Waals surface area contributed by atoms with Gasteiger partial charge in [-0.3, -0.25) is 9.69 Å². The smallest absolute Gasteiger partial charge is 0.252 e. The van der Waals surface area contributed by atoms with E-state index in [-0.39, 0.29) is 16.2 Å². The summed E-state index contributed by atoms with van der Waals surface area (Å²) >= 11 is 6.92. The molecule has 1 aromatic heterocycles. The second-order valence-electron chi connectivity index (χ2n) is 7.18. The molecule has 9 heteroatoms. The summed E-state index contributed by atoms with van der Waals surface area (Å²) in [5.74, 6) is 0.630. The number of rotatable bonds is 8. The molecule has 1 atom stereocenters. The van der Waals surface area contributed by atoms with Gasteiger partial charge in [0.25, 0.3) is 10.0 Å². The van der Waals surface area contributed by atoms with Crippen LogP contribution in [0.2, 0.25) is 4.34 Å². The number of nitrogens with one attached hydrogen (secondary N) is 1. The van der Waals surface area contributed by atoms with E-state index in [4.69, 9.17) is 11.6 Å². The Hall–Kier alpha value is -0.670. The molecule has 0 unspecified atom stereocenters. The summed E-state index contributed by atoms with van der Waals surface area (Å²) in [6.45, 7) is 8.54. The van der Waals surface area contributed by atoms with Gasteiger partial charge in [0.05, 0.1) is 10.9 Å². The van der Waals surface area contributed by atoms with Gasteiger partial charge in [-0.05, 0) is 37.8 Å². The Morgan fingerprint density at radius 3 is 2.38 bits per heavy atom. The largest absolute Gasteiger partial charge is 0.353 e. The fraction of sp³-hybridized carbons (Fsp3) is 0.706. The average Bonchev–Trinajstić information content (AvgIpc) is 3.00. The van der Waals surface area contributed by atoms with Crippen LogP contribution < -0.4 is 5.32 Å². The molecule has 148 valence electrons. The molecule has 2 heterocycles. The lowest BCUT2D eigenvalue weighted by Crippen LogP contribution is -2.51. The lowest BCUT2D eigenvalue weighted by Gasteiger charge is -2.33. The van der Waals surface area contributed by atoms with Crippen LogP contribution in [0.4, 0.5) is 0 Å². The number of carbonyl (C=O) groups excluding carboxylic acids is 1. The third-order valence-corrected chi connectivity index (χ3v) is 8.02. The minimum Gasteiger partial charge on any atom is -0.353 e. The average molecular weight is 422 g/mol. The summed E-state index contributed by atoms with van der Waals surface area (Å²) in [5.41, 5.74) is 0. The van der Waals surface area contributed by atoms with Crippen molar-refractivity contribution in [3.63, 3.8) is 0 Å². The topological polar surface area (TPSA) is 69.7 Å². The van der Waals surface area contributed by atoms with Crippen LogP contribution in [0, 0.1) is 5.92 Å². The molecule has 0 bridgehead atoms. The standard InChI is InChI=1S/C17H28ClN3O3S2/c1-13(2)4-5-14(3)19-16(22)12-20-8-10-21(11-9-20)26(23,24)17-7-6-15(18)25-17/h6-7,13-14H,4-5,8-12H2,1-3H3,(H,19,22)/t14-/m0/s1. The summed E-state index contributed by atoms with van der Waals surface area (Å²) in [6.07, 6.45) is 2.06. The summed E-state index contributed by atoms with van der Waals surface area (Å²) in [7, 11) is -3.49. The van der Waals surface area contributed by atoms with E-state index in [0.717, 1.165) is 24.2 Å². The van der Waals surface area contributed by atoms with Gasteiger partial charge in [-0.2, -0.15) is 4.31 Å². The highest BCUT2D eigenvalue weighted by molar-refractivity contribution is 7.91. The van der Waals surface area contributed by atoms with Crippen LogP contribution in [-0.4, -0.2) is 62.3 Å². The molecule has 0 aromatic carbocycles. The van der Waals surface area contributed by atoms with Crippen LogP contribution in [-0.2, 0) is 14.8 Å². The zero-order valence-corrected chi connectivity index (χ0v) is 18.0. The van der Waals surface area contributed by atoms with E-state index in [1.165, 1.54) is 4.31 Å². The Balaban J connectivity index is 1.78. The molecule has 6 nitrogen and oxygen atoms in total. The van der Waals surface area contributed by atoms with Crippen molar-refractivity contribution >= 4 is 38.9 Å². The van der Waals surface area contributed by atoms with E-state index in [1.54, 1.807) is 12.1 Å². The van der Waals surface area contributed by atoms with Gasteiger partial charge in [0.15, 0.2) is 0 Å². The van der Waals surface area contributed by atoms with Crippen LogP contribution in [0.5, 0.6) is 0 Å². The maximum absolute atomic E-state index is 12.6. The number of halogens is 1. The molecule has 0 radical (unpaired) electrons. The van der Waals surface area contributed by atoms with Gasteiger partial charge in [-0.15, -0.1) is 11.3 Å². The zero-order chi connectivity index (χ0) is 19.3. The maximum Gasteiger partial charge on any atom is 0.252 e. The molecule has 1 aliphatic rings. The Morgan fingerprint density at radius 2 is 1.85 bits per heavy atom. The van der Waals surface area contributed by atoms with E-state index >= 15 is 0 Å². The highest BCUT2D eigenvalue weighted by atomic mass is 35.5. The number of thiophene rings is 1. The van der Waals surface area contributed by atoms with Crippen LogP contribution in [0.3, 0.4) is 0 Å². The third kappa shape index (κ3) is 6.20. The van der Waals surface area contributed by atoms with E-state index in [9.17, 15) is 13.2 Å². The molecule has 1 aliphatic heterocycles. The number of amides is 1. The lowest BCUT2D eigenvalue weighted by atomic mass is 10.0. The van der Waals surface area contributed by atoms with Gasteiger partial charge < -0.3 is 5.32 Å². The Kier molecular flexibility index (Phi) is 7.90. The van der Waals surface area contributed by atoms with Crippen molar-refractivity contribution in [2.75, 3.05) is 32.7 Å². The van der Waals surface area contributed by atoms with Crippen molar-refractivity contribution in [1.82, 2.24) is 14.5 Å². The van der Waals surface area contributed by atoms with Gasteiger partial charge in [0, 0.05) is 32.2 Å². The number of hydrogen-bond donors (Lipinski definition) is 1. The van der Waals surface area contributed by atoms with Crippen molar-refractivity contribution < 1.29 is 13.2 Å². The first kappa shape index (κ1) is 21.6. The van der Waals surface area contributed by atoms with Crippen LogP contribution in [0.25, 0.3) is 0 Å². The SMILES string of the molecule is CC(C)CC[C@H](C)NC(=O)CN1CCN(S(=O)(=O)c2ccc(Cl)s2)CC1. The fourth-order valence-electron chi connectivity index (χ4n) is 2.87. The molecule has 2 rings (SSSR count). The molecule has 1 fully saturated rings. The molecular weight excluding hydrogens is 394 g/mol.